The fraction of sp³-hybridized carbons (Fsp3) is 0.588. The van der Waals surface area contributed by atoms with E-state index in [1.807, 2.05) is 24.3 Å². The Morgan fingerprint density at radius 1 is 1.38 bits per heavy atom. The van der Waals surface area contributed by atoms with Gasteiger partial charge in [0, 0.05) is 12.1 Å². The Kier molecular flexibility index (Phi) is 6.54. The van der Waals surface area contributed by atoms with Gasteiger partial charge in [0.2, 0.25) is 0 Å². The number of unbranched alkanes of at least 4 members (excludes halogenated alkanes) is 1. The van der Waals surface area contributed by atoms with Crippen LogP contribution in [0.2, 0.25) is 0 Å². The monoisotopic (exact) mass is 290 g/mol. The Morgan fingerprint density at radius 3 is 2.86 bits per heavy atom. The third-order valence-electron chi connectivity index (χ3n) is 3.83. The van der Waals surface area contributed by atoms with Gasteiger partial charge in [-0.25, -0.2) is 0 Å². The molecule has 1 aliphatic heterocycles. The van der Waals surface area contributed by atoms with E-state index in [9.17, 15) is 4.79 Å². The molecule has 1 unspecified atom stereocenters. The number of carbonyl (C=O) groups is 1. The molecule has 0 bridgehead atoms. The number of ether oxygens (including phenoxy) is 1. The lowest BCUT2D eigenvalue weighted by Crippen LogP contribution is -2.38. The average molecular weight is 290 g/mol. The summed E-state index contributed by atoms with van der Waals surface area (Å²) in [5, 5.41) is 6.38. The van der Waals surface area contributed by atoms with Crippen LogP contribution in [0, 0.1) is 5.92 Å². The maximum Gasteiger partial charge on any atom is 0.251 e. The van der Waals surface area contributed by atoms with Crippen LogP contribution >= 0.6 is 0 Å². The molecule has 4 heteroatoms. The van der Waals surface area contributed by atoms with Crippen LogP contribution in [0.1, 0.15) is 43.0 Å². The van der Waals surface area contributed by atoms with Crippen molar-refractivity contribution in [2.75, 3.05) is 26.2 Å². The Labute approximate surface area is 127 Å². The lowest BCUT2D eigenvalue weighted by atomic mass is 10.00. The number of hydrogen-bond donors (Lipinski definition) is 2. The third-order valence-corrected chi connectivity index (χ3v) is 3.83. The van der Waals surface area contributed by atoms with E-state index >= 15 is 0 Å². The summed E-state index contributed by atoms with van der Waals surface area (Å²) < 4.78 is 5.60. The number of amides is 1. The first kappa shape index (κ1) is 15.8. The molecule has 1 amide bonds. The van der Waals surface area contributed by atoms with Gasteiger partial charge in [0.25, 0.3) is 5.91 Å². The highest BCUT2D eigenvalue weighted by Gasteiger charge is 2.14. The molecule has 1 aromatic rings. The first-order valence-corrected chi connectivity index (χ1v) is 8.01. The standard InChI is InChI=1S/C17H26N2O2/c1-2-3-11-21-16-8-6-15(7-9-16)17(20)19-13-14-5-4-10-18-12-14/h6-9,14,18H,2-5,10-13H2,1H3,(H,19,20). The molecule has 2 rings (SSSR count). The summed E-state index contributed by atoms with van der Waals surface area (Å²) >= 11 is 0. The summed E-state index contributed by atoms with van der Waals surface area (Å²) in [4.78, 5) is 12.1. The molecule has 1 aliphatic rings. The third kappa shape index (κ3) is 5.38. The maximum atomic E-state index is 12.1. The van der Waals surface area contributed by atoms with Crippen molar-refractivity contribution in [2.24, 2.45) is 5.92 Å². The van der Waals surface area contributed by atoms with Gasteiger partial charge in [0.05, 0.1) is 6.61 Å². The van der Waals surface area contributed by atoms with Crippen molar-refractivity contribution in [2.45, 2.75) is 32.6 Å². The summed E-state index contributed by atoms with van der Waals surface area (Å²) in [6.45, 7) is 5.73. The SMILES string of the molecule is CCCCOc1ccc(C(=O)NCC2CCCNC2)cc1. The molecule has 1 fully saturated rings. The number of nitrogens with one attached hydrogen (secondary N) is 2. The lowest BCUT2D eigenvalue weighted by molar-refractivity contribution is 0.0945. The summed E-state index contributed by atoms with van der Waals surface area (Å²) in [7, 11) is 0. The Hall–Kier alpha value is -1.55. The molecule has 0 radical (unpaired) electrons. The van der Waals surface area contributed by atoms with Crippen LogP contribution in [0.5, 0.6) is 5.75 Å². The zero-order chi connectivity index (χ0) is 14.9. The van der Waals surface area contributed by atoms with Crippen LogP contribution < -0.4 is 15.4 Å². The topological polar surface area (TPSA) is 50.4 Å². The van der Waals surface area contributed by atoms with Gasteiger partial charge >= 0.3 is 0 Å². The van der Waals surface area contributed by atoms with Crippen LogP contribution in [-0.4, -0.2) is 32.1 Å². The Balaban J connectivity index is 1.76. The molecule has 0 spiro atoms. The molecule has 2 N–H and O–H groups in total. The quantitative estimate of drug-likeness (QED) is 0.759. The summed E-state index contributed by atoms with van der Waals surface area (Å²) in [6.07, 6.45) is 4.57. The fourth-order valence-corrected chi connectivity index (χ4v) is 2.47. The van der Waals surface area contributed by atoms with Gasteiger partial charge in [0.15, 0.2) is 0 Å². The van der Waals surface area contributed by atoms with Gasteiger partial charge in [-0.1, -0.05) is 13.3 Å². The zero-order valence-electron chi connectivity index (χ0n) is 12.9. The van der Waals surface area contributed by atoms with E-state index in [0.717, 1.165) is 44.8 Å². The van der Waals surface area contributed by atoms with Crippen LogP contribution in [0.25, 0.3) is 0 Å². The molecule has 21 heavy (non-hydrogen) atoms. The smallest absolute Gasteiger partial charge is 0.251 e. The van der Waals surface area contributed by atoms with Gasteiger partial charge in [0.1, 0.15) is 5.75 Å². The first-order chi connectivity index (χ1) is 10.3. The molecule has 1 heterocycles. The second kappa shape index (κ2) is 8.67. The molecule has 0 aliphatic carbocycles. The van der Waals surface area contributed by atoms with E-state index in [2.05, 4.69) is 17.6 Å². The zero-order valence-corrected chi connectivity index (χ0v) is 12.9. The van der Waals surface area contributed by atoms with Crippen molar-refractivity contribution in [3.63, 3.8) is 0 Å². The van der Waals surface area contributed by atoms with Crippen molar-refractivity contribution in [3.8, 4) is 5.75 Å². The molecule has 1 saturated heterocycles. The summed E-state index contributed by atoms with van der Waals surface area (Å²) in [6, 6.07) is 7.39. The molecule has 1 aromatic carbocycles. The number of rotatable bonds is 7. The minimum Gasteiger partial charge on any atom is -0.494 e. The highest BCUT2D eigenvalue weighted by molar-refractivity contribution is 5.94. The predicted octanol–water partition coefficient (Wildman–Crippen LogP) is 2.59. The Morgan fingerprint density at radius 2 is 2.19 bits per heavy atom. The predicted molar refractivity (Wildman–Crippen MR) is 84.8 cm³/mol. The van der Waals surface area contributed by atoms with Gasteiger partial charge in [-0.3, -0.25) is 4.79 Å². The van der Waals surface area contributed by atoms with Crippen LogP contribution in [0.3, 0.4) is 0 Å². The molecular weight excluding hydrogens is 264 g/mol. The normalized spacial score (nSPS) is 18.2. The number of carbonyl (C=O) groups excluding carboxylic acids is 1. The van der Waals surface area contributed by atoms with Crippen molar-refractivity contribution in [1.82, 2.24) is 10.6 Å². The lowest BCUT2D eigenvalue weighted by Gasteiger charge is -2.22. The minimum atomic E-state index is 0.000631. The highest BCUT2D eigenvalue weighted by Crippen LogP contribution is 2.13. The Bertz CT molecular complexity index is 425. The number of hydrogen-bond acceptors (Lipinski definition) is 3. The molecular formula is C17H26N2O2. The molecule has 116 valence electrons. The van der Waals surface area contributed by atoms with Crippen molar-refractivity contribution in [1.29, 1.82) is 0 Å². The van der Waals surface area contributed by atoms with Gasteiger partial charge in [-0.15, -0.1) is 0 Å². The van der Waals surface area contributed by atoms with E-state index in [0.29, 0.717) is 11.5 Å². The summed E-state index contributed by atoms with van der Waals surface area (Å²) in [5.41, 5.74) is 0.696. The first-order valence-electron chi connectivity index (χ1n) is 8.01. The highest BCUT2D eigenvalue weighted by atomic mass is 16.5. The fourth-order valence-electron chi connectivity index (χ4n) is 2.47. The average Bonchev–Trinajstić information content (AvgIpc) is 2.54. The van der Waals surface area contributed by atoms with Gasteiger partial charge in [-0.05, 0) is 62.5 Å². The number of benzene rings is 1. The minimum absolute atomic E-state index is 0.000631. The molecule has 0 saturated carbocycles. The van der Waals surface area contributed by atoms with Crippen molar-refractivity contribution < 1.29 is 9.53 Å². The van der Waals surface area contributed by atoms with Crippen LogP contribution in [-0.2, 0) is 0 Å². The van der Waals surface area contributed by atoms with E-state index in [1.54, 1.807) is 0 Å². The molecule has 4 nitrogen and oxygen atoms in total. The molecule has 1 atom stereocenters. The van der Waals surface area contributed by atoms with Crippen molar-refractivity contribution in [3.05, 3.63) is 29.8 Å². The molecule has 0 aromatic heterocycles. The number of piperidine rings is 1. The van der Waals surface area contributed by atoms with E-state index in [-0.39, 0.29) is 5.91 Å². The summed E-state index contributed by atoms with van der Waals surface area (Å²) in [5.74, 6) is 1.39. The van der Waals surface area contributed by atoms with Gasteiger partial charge in [-0.2, -0.15) is 0 Å². The second-order valence-electron chi connectivity index (χ2n) is 5.65. The largest absolute Gasteiger partial charge is 0.494 e. The van der Waals surface area contributed by atoms with E-state index < -0.39 is 0 Å². The van der Waals surface area contributed by atoms with Crippen LogP contribution in [0.4, 0.5) is 0 Å². The maximum absolute atomic E-state index is 12.1. The van der Waals surface area contributed by atoms with E-state index in [1.165, 1.54) is 12.8 Å². The van der Waals surface area contributed by atoms with Crippen LogP contribution in [0.15, 0.2) is 24.3 Å². The van der Waals surface area contributed by atoms with E-state index in [4.69, 9.17) is 4.74 Å². The van der Waals surface area contributed by atoms with Crippen molar-refractivity contribution >= 4 is 5.91 Å². The second-order valence-corrected chi connectivity index (χ2v) is 5.65. The van der Waals surface area contributed by atoms with Gasteiger partial charge < -0.3 is 15.4 Å².